The Bertz CT molecular complexity index is 2640. The Morgan fingerprint density at radius 3 is 1.23 bits per heavy atom. The van der Waals surface area contributed by atoms with E-state index in [4.69, 9.17) is 8.75 Å². The summed E-state index contributed by atoms with van der Waals surface area (Å²) in [6.45, 7) is 9.06. The Morgan fingerprint density at radius 1 is 0.439 bits per heavy atom. The molecule has 0 amide bonds. The standard InChI is InChI=1S/C52H58Br2F2N4S6/c1-5-9-13-15-19-31(17-11-7-3)25-33-27-43(63-51(33)53)45-37(55)29-35(47-49(45)59-65-57-47)39-21-23-41(61-39)42-24-22-40(62-42)36-30-38(56)46(50-48(36)58-66-60-50)44-28-34(52(54)64-44)26-32(18-12-8-4)20-16-14-10-6-2/h21-24,27-32H,5-20,25-26H2,1-4H3. The van der Waals surface area contributed by atoms with Crippen LogP contribution in [0.3, 0.4) is 0 Å². The number of benzene rings is 2. The minimum absolute atomic E-state index is 0.285. The molecule has 8 aromatic rings. The van der Waals surface area contributed by atoms with E-state index in [2.05, 4.69) is 92.6 Å². The molecule has 0 spiro atoms. The molecule has 0 aliphatic rings. The maximum absolute atomic E-state index is 16.5. The quantitative estimate of drug-likeness (QED) is 0.0535. The lowest BCUT2D eigenvalue weighted by Crippen LogP contribution is -2.05. The number of hydrogen-bond donors (Lipinski definition) is 0. The Balaban J connectivity index is 1.02. The van der Waals surface area contributed by atoms with Crippen molar-refractivity contribution in [1.82, 2.24) is 17.5 Å². The second-order valence-corrected chi connectivity index (χ2v) is 25.7. The minimum Gasteiger partial charge on any atom is -0.206 e. The van der Waals surface area contributed by atoms with Crippen molar-refractivity contribution in [2.75, 3.05) is 0 Å². The summed E-state index contributed by atoms with van der Waals surface area (Å²) in [6.07, 6.45) is 22.0. The molecule has 0 saturated carbocycles. The smallest absolute Gasteiger partial charge is 0.134 e. The summed E-state index contributed by atoms with van der Waals surface area (Å²) < 4.78 is 54.0. The van der Waals surface area contributed by atoms with E-state index in [1.165, 1.54) is 114 Å². The first-order valence-electron chi connectivity index (χ1n) is 23.9. The van der Waals surface area contributed by atoms with Crippen LogP contribution in [0.5, 0.6) is 0 Å². The van der Waals surface area contributed by atoms with Crippen molar-refractivity contribution in [3.8, 4) is 51.5 Å². The zero-order chi connectivity index (χ0) is 46.2. The normalized spacial score (nSPS) is 12.9. The van der Waals surface area contributed by atoms with E-state index in [1.54, 1.807) is 57.5 Å². The molecule has 66 heavy (non-hydrogen) atoms. The van der Waals surface area contributed by atoms with Crippen molar-refractivity contribution < 1.29 is 8.78 Å². The molecule has 6 aromatic heterocycles. The lowest BCUT2D eigenvalue weighted by atomic mass is 9.90. The van der Waals surface area contributed by atoms with Crippen LogP contribution in [0.4, 0.5) is 8.78 Å². The average molecular weight is 1130 g/mol. The van der Waals surface area contributed by atoms with Crippen LogP contribution in [-0.2, 0) is 12.8 Å². The van der Waals surface area contributed by atoms with Crippen LogP contribution < -0.4 is 0 Å². The number of hydrogen-bond acceptors (Lipinski definition) is 10. The highest BCUT2D eigenvalue weighted by atomic mass is 79.9. The first-order chi connectivity index (χ1) is 32.2. The molecule has 6 heterocycles. The molecule has 2 aromatic carbocycles. The fourth-order valence-electron chi connectivity index (χ4n) is 9.26. The summed E-state index contributed by atoms with van der Waals surface area (Å²) in [5.74, 6) is 0.688. The van der Waals surface area contributed by atoms with Crippen LogP contribution in [0.2, 0.25) is 0 Å². The fraction of sp³-hybridized carbons (Fsp3) is 0.462. The van der Waals surface area contributed by atoms with Crippen molar-refractivity contribution in [2.24, 2.45) is 11.8 Å². The molecule has 0 saturated heterocycles. The Morgan fingerprint density at radius 2 is 0.818 bits per heavy atom. The fourth-order valence-corrected chi connectivity index (χ4v) is 16.1. The van der Waals surface area contributed by atoms with Crippen molar-refractivity contribution in [1.29, 1.82) is 0 Å². The predicted molar refractivity (Wildman–Crippen MR) is 293 cm³/mol. The monoisotopic (exact) mass is 1130 g/mol. The van der Waals surface area contributed by atoms with Gasteiger partial charge in [0, 0.05) is 40.4 Å². The van der Waals surface area contributed by atoms with Gasteiger partial charge < -0.3 is 0 Å². The predicted octanol–water partition coefficient (Wildman–Crippen LogP) is 20.7. The molecule has 350 valence electrons. The average Bonchev–Trinajstić information content (AvgIpc) is 4.18. The molecule has 0 aliphatic heterocycles. The van der Waals surface area contributed by atoms with E-state index < -0.39 is 0 Å². The molecule has 0 fully saturated rings. The maximum Gasteiger partial charge on any atom is 0.134 e. The molecule has 4 nitrogen and oxygen atoms in total. The summed E-state index contributed by atoms with van der Waals surface area (Å²) in [6, 6.07) is 15.9. The molecule has 0 bridgehead atoms. The zero-order valence-corrected chi connectivity index (χ0v) is 46.3. The number of nitrogens with zero attached hydrogens (tertiary/aromatic N) is 4. The summed E-state index contributed by atoms with van der Waals surface area (Å²) in [5.41, 5.74) is 7.73. The largest absolute Gasteiger partial charge is 0.206 e. The third-order valence-electron chi connectivity index (χ3n) is 12.9. The Kier molecular flexibility index (Phi) is 18.2. The summed E-state index contributed by atoms with van der Waals surface area (Å²) in [7, 11) is 0. The molecular weight excluding hydrogens is 1070 g/mol. The van der Waals surface area contributed by atoms with Crippen LogP contribution in [0, 0.1) is 23.5 Å². The van der Waals surface area contributed by atoms with E-state index in [0.717, 1.165) is 95.3 Å². The van der Waals surface area contributed by atoms with Gasteiger partial charge in [0.25, 0.3) is 0 Å². The van der Waals surface area contributed by atoms with E-state index in [-0.39, 0.29) is 11.6 Å². The number of halogens is 4. The van der Waals surface area contributed by atoms with Gasteiger partial charge in [0.15, 0.2) is 0 Å². The molecule has 0 N–H and O–H groups in total. The second-order valence-electron chi connectivity index (χ2n) is 17.8. The van der Waals surface area contributed by atoms with E-state index in [1.807, 2.05) is 12.1 Å². The summed E-state index contributed by atoms with van der Waals surface area (Å²) in [5, 5.41) is 0. The van der Waals surface area contributed by atoms with Gasteiger partial charge in [0.1, 0.15) is 33.7 Å². The van der Waals surface area contributed by atoms with E-state index >= 15 is 8.78 Å². The van der Waals surface area contributed by atoms with Crippen LogP contribution in [-0.4, -0.2) is 17.5 Å². The van der Waals surface area contributed by atoms with Crippen LogP contribution >= 0.6 is 101 Å². The van der Waals surface area contributed by atoms with Gasteiger partial charge in [0.05, 0.1) is 42.2 Å². The third-order valence-corrected chi connectivity index (χ3v) is 20.3. The van der Waals surface area contributed by atoms with E-state index in [0.29, 0.717) is 34.0 Å². The highest BCUT2D eigenvalue weighted by Gasteiger charge is 2.26. The molecule has 8 rings (SSSR count). The molecule has 14 heteroatoms. The first kappa shape index (κ1) is 50.1. The number of thiophene rings is 4. The lowest BCUT2D eigenvalue weighted by molar-refractivity contribution is 0.410. The van der Waals surface area contributed by atoms with Gasteiger partial charge in [-0.2, -0.15) is 17.5 Å². The van der Waals surface area contributed by atoms with Crippen molar-refractivity contribution in [2.45, 2.75) is 143 Å². The van der Waals surface area contributed by atoms with Gasteiger partial charge >= 0.3 is 0 Å². The van der Waals surface area contributed by atoms with Crippen LogP contribution in [0.15, 0.2) is 56.1 Å². The number of rotatable bonds is 25. The Hall–Kier alpha value is -2.30. The molecule has 0 aliphatic carbocycles. The van der Waals surface area contributed by atoms with Gasteiger partial charge in [-0.3, -0.25) is 0 Å². The molecule has 2 unspecified atom stereocenters. The van der Waals surface area contributed by atoms with E-state index in [9.17, 15) is 0 Å². The van der Waals surface area contributed by atoms with Gasteiger partial charge in [-0.1, -0.05) is 130 Å². The molecular formula is C52H58Br2F2N4S6. The highest BCUT2D eigenvalue weighted by Crippen LogP contribution is 2.48. The number of fused-ring (bicyclic) bond motifs is 2. The topological polar surface area (TPSA) is 51.6 Å². The van der Waals surface area contributed by atoms with Gasteiger partial charge in [-0.25, -0.2) is 8.78 Å². The van der Waals surface area contributed by atoms with Gasteiger partial charge in [-0.05, 0) is 116 Å². The maximum atomic E-state index is 16.5. The molecule has 2 atom stereocenters. The zero-order valence-electron chi connectivity index (χ0n) is 38.3. The lowest BCUT2D eigenvalue weighted by Gasteiger charge is -2.16. The minimum atomic E-state index is -0.285. The van der Waals surface area contributed by atoms with Crippen LogP contribution in [0.1, 0.15) is 142 Å². The van der Waals surface area contributed by atoms with Gasteiger partial charge in [0.2, 0.25) is 0 Å². The third kappa shape index (κ3) is 11.6. The van der Waals surface area contributed by atoms with Crippen molar-refractivity contribution in [3.63, 3.8) is 0 Å². The summed E-state index contributed by atoms with van der Waals surface area (Å²) in [4.78, 5) is 5.72. The SMILES string of the molecule is CCCCCCC(CCCC)Cc1cc(-c2c(F)cc(-c3ccc(-c4ccc(-c5cc(F)c(-c6cc(CC(CCCC)CCCCCC)c(Br)s6)c6nsnc56)s4)s3)c3nsnc23)sc1Br. The number of unbranched alkanes of at least 4 members (excludes halogenated alkanes) is 8. The number of aromatic nitrogens is 4. The highest BCUT2D eigenvalue weighted by molar-refractivity contribution is 9.11. The van der Waals surface area contributed by atoms with Gasteiger partial charge in [-0.15, -0.1) is 45.3 Å². The second kappa shape index (κ2) is 24.0. The van der Waals surface area contributed by atoms with Crippen molar-refractivity contribution in [3.05, 3.63) is 78.9 Å². The summed E-state index contributed by atoms with van der Waals surface area (Å²) >= 11 is 16.4. The van der Waals surface area contributed by atoms with Crippen molar-refractivity contribution >= 4 is 123 Å². The Labute approximate surface area is 430 Å². The van der Waals surface area contributed by atoms with Crippen LogP contribution in [0.25, 0.3) is 73.6 Å². The first-order valence-corrected chi connectivity index (χ1v) is 30.2. The molecule has 0 radical (unpaired) electrons.